The Bertz CT molecular complexity index is 438. The Morgan fingerprint density at radius 2 is 2.15 bits per heavy atom. The number of pyridine rings is 1. The van der Waals surface area contributed by atoms with Crippen LogP contribution in [0.15, 0.2) is 12.1 Å². The van der Waals surface area contributed by atoms with E-state index < -0.39 is 0 Å². The molecule has 0 radical (unpaired) electrons. The first-order valence-corrected chi connectivity index (χ1v) is 7.12. The molecule has 112 valence electrons. The van der Waals surface area contributed by atoms with Gasteiger partial charge in [-0.15, -0.1) is 0 Å². The van der Waals surface area contributed by atoms with Gasteiger partial charge in [-0.25, -0.2) is 4.98 Å². The van der Waals surface area contributed by atoms with Gasteiger partial charge in [-0.1, -0.05) is 25.4 Å². The highest BCUT2D eigenvalue weighted by molar-refractivity contribution is 6.33. The van der Waals surface area contributed by atoms with Crippen LogP contribution in [0.5, 0.6) is 0 Å². The van der Waals surface area contributed by atoms with Gasteiger partial charge in [0.2, 0.25) is 0 Å². The van der Waals surface area contributed by atoms with Gasteiger partial charge >= 0.3 is 0 Å². The molecule has 0 aliphatic heterocycles. The van der Waals surface area contributed by atoms with Crippen molar-refractivity contribution in [2.45, 2.75) is 20.3 Å². The SMILES string of the molecule is CNc1ccc(Cl)c(C(=O)NCCOCCC(C)C)n1. The summed E-state index contributed by atoms with van der Waals surface area (Å²) in [5, 5.41) is 5.95. The molecule has 1 rings (SSSR count). The van der Waals surface area contributed by atoms with Crippen molar-refractivity contribution in [3.63, 3.8) is 0 Å². The van der Waals surface area contributed by atoms with Crippen molar-refractivity contribution in [1.82, 2.24) is 10.3 Å². The number of nitrogens with one attached hydrogen (secondary N) is 2. The van der Waals surface area contributed by atoms with Crippen LogP contribution in [0.3, 0.4) is 0 Å². The Labute approximate surface area is 125 Å². The molecule has 2 N–H and O–H groups in total. The van der Waals surface area contributed by atoms with Crippen molar-refractivity contribution < 1.29 is 9.53 Å². The second kappa shape index (κ2) is 8.76. The molecule has 1 aromatic rings. The van der Waals surface area contributed by atoms with Gasteiger partial charge in [0.15, 0.2) is 0 Å². The summed E-state index contributed by atoms with van der Waals surface area (Å²) in [4.78, 5) is 16.1. The number of rotatable bonds is 8. The molecule has 1 amide bonds. The van der Waals surface area contributed by atoms with Gasteiger partial charge < -0.3 is 15.4 Å². The third kappa shape index (κ3) is 5.75. The Morgan fingerprint density at radius 1 is 1.40 bits per heavy atom. The highest BCUT2D eigenvalue weighted by Crippen LogP contribution is 2.16. The van der Waals surface area contributed by atoms with E-state index in [2.05, 4.69) is 29.5 Å². The third-order valence-corrected chi connectivity index (χ3v) is 2.99. The molecule has 0 saturated heterocycles. The molecule has 0 fully saturated rings. The fourth-order valence-electron chi connectivity index (χ4n) is 1.48. The molecule has 20 heavy (non-hydrogen) atoms. The molecular weight excluding hydrogens is 278 g/mol. The van der Waals surface area contributed by atoms with Crippen LogP contribution in [0.1, 0.15) is 30.8 Å². The average Bonchev–Trinajstić information content (AvgIpc) is 2.42. The minimum atomic E-state index is -0.292. The van der Waals surface area contributed by atoms with Gasteiger partial charge in [0.05, 0.1) is 11.6 Å². The first kappa shape index (κ1) is 16.7. The van der Waals surface area contributed by atoms with Gasteiger partial charge in [0, 0.05) is 20.2 Å². The highest BCUT2D eigenvalue weighted by Gasteiger charge is 2.12. The first-order valence-electron chi connectivity index (χ1n) is 6.74. The van der Waals surface area contributed by atoms with Gasteiger partial charge in [0.25, 0.3) is 5.91 Å². The van der Waals surface area contributed by atoms with Gasteiger partial charge in [-0.3, -0.25) is 4.79 Å². The average molecular weight is 300 g/mol. The molecule has 0 atom stereocenters. The number of ether oxygens (including phenoxy) is 1. The van der Waals surface area contributed by atoms with Crippen molar-refractivity contribution in [2.75, 3.05) is 32.1 Å². The largest absolute Gasteiger partial charge is 0.380 e. The number of anilines is 1. The monoisotopic (exact) mass is 299 g/mol. The fourth-order valence-corrected chi connectivity index (χ4v) is 1.67. The fraction of sp³-hybridized carbons (Fsp3) is 0.571. The number of carbonyl (C=O) groups is 1. The summed E-state index contributed by atoms with van der Waals surface area (Å²) in [5.74, 6) is 0.934. The lowest BCUT2D eigenvalue weighted by molar-refractivity contribution is 0.0901. The predicted octanol–water partition coefficient (Wildman–Crippen LogP) is 2.57. The number of halogens is 1. The molecule has 0 aliphatic rings. The van der Waals surface area contributed by atoms with Crippen LogP contribution in [0.4, 0.5) is 5.82 Å². The van der Waals surface area contributed by atoms with Crippen molar-refractivity contribution >= 4 is 23.3 Å². The zero-order chi connectivity index (χ0) is 15.0. The number of amides is 1. The topological polar surface area (TPSA) is 63.2 Å². The second-order valence-corrected chi connectivity index (χ2v) is 5.23. The van der Waals surface area contributed by atoms with Crippen LogP contribution < -0.4 is 10.6 Å². The Kier molecular flexibility index (Phi) is 7.33. The van der Waals surface area contributed by atoms with Gasteiger partial charge in [0.1, 0.15) is 11.5 Å². The molecule has 0 aromatic carbocycles. The zero-order valence-corrected chi connectivity index (χ0v) is 13.0. The van der Waals surface area contributed by atoms with E-state index >= 15 is 0 Å². The summed E-state index contributed by atoms with van der Waals surface area (Å²) >= 11 is 5.96. The van der Waals surface area contributed by atoms with Crippen LogP contribution in [0.25, 0.3) is 0 Å². The van der Waals surface area contributed by atoms with E-state index in [-0.39, 0.29) is 11.6 Å². The minimum Gasteiger partial charge on any atom is -0.380 e. The van der Waals surface area contributed by atoms with E-state index in [1.54, 1.807) is 19.2 Å². The van der Waals surface area contributed by atoms with Crippen LogP contribution in [0.2, 0.25) is 5.02 Å². The number of hydrogen-bond acceptors (Lipinski definition) is 4. The van der Waals surface area contributed by atoms with Crippen molar-refractivity contribution in [3.8, 4) is 0 Å². The molecule has 0 aliphatic carbocycles. The molecule has 1 aromatic heterocycles. The first-order chi connectivity index (χ1) is 9.54. The van der Waals surface area contributed by atoms with E-state index in [1.807, 2.05) is 0 Å². The predicted molar refractivity (Wildman–Crippen MR) is 81.4 cm³/mol. The highest BCUT2D eigenvalue weighted by atomic mass is 35.5. The van der Waals surface area contributed by atoms with Crippen LogP contribution in [-0.2, 0) is 4.74 Å². The van der Waals surface area contributed by atoms with Crippen LogP contribution >= 0.6 is 11.6 Å². The number of nitrogens with zero attached hydrogens (tertiary/aromatic N) is 1. The van der Waals surface area contributed by atoms with Gasteiger partial charge in [-0.05, 0) is 24.5 Å². The quantitative estimate of drug-likeness (QED) is 0.724. The summed E-state index contributed by atoms with van der Waals surface area (Å²) in [5.41, 5.74) is 0.223. The molecular formula is C14H22ClN3O2. The number of carbonyl (C=O) groups excluding carboxylic acids is 1. The molecule has 0 unspecified atom stereocenters. The van der Waals surface area contributed by atoms with Crippen molar-refractivity contribution in [1.29, 1.82) is 0 Å². The van der Waals surface area contributed by atoms with E-state index in [1.165, 1.54) is 0 Å². The standard InChI is InChI=1S/C14H22ClN3O2/c1-10(2)6-8-20-9-7-17-14(19)13-11(15)4-5-12(16-3)18-13/h4-5,10H,6-9H2,1-3H3,(H,16,18)(H,17,19). The second-order valence-electron chi connectivity index (χ2n) is 4.83. The lowest BCUT2D eigenvalue weighted by Gasteiger charge is -2.09. The van der Waals surface area contributed by atoms with E-state index in [4.69, 9.17) is 16.3 Å². The minimum absolute atomic E-state index is 0.223. The lowest BCUT2D eigenvalue weighted by atomic mass is 10.1. The molecule has 6 heteroatoms. The molecule has 0 bridgehead atoms. The number of hydrogen-bond donors (Lipinski definition) is 2. The summed E-state index contributed by atoms with van der Waals surface area (Å²) < 4.78 is 5.43. The maximum absolute atomic E-state index is 11.9. The Balaban J connectivity index is 2.36. The summed E-state index contributed by atoms with van der Waals surface area (Å²) in [6.07, 6.45) is 1.02. The number of aromatic nitrogens is 1. The third-order valence-electron chi connectivity index (χ3n) is 2.69. The van der Waals surface area contributed by atoms with E-state index in [0.29, 0.717) is 36.5 Å². The molecule has 5 nitrogen and oxygen atoms in total. The molecule has 1 heterocycles. The summed E-state index contributed by atoms with van der Waals surface area (Å²) in [7, 11) is 1.74. The maximum Gasteiger partial charge on any atom is 0.271 e. The zero-order valence-electron chi connectivity index (χ0n) is 12.2. The molecule has 0 saturated carbocycles. The maximum atomic E-state index is 11.9. The Morgan fingerprint density at radius 3 is 2.80 bits per heavy atom. The van der Waals surface area contributed by atoms with Crippen molar-refractivity contribution in [3.05, 3.63) is 22.8 Å². The van der Waals surface area contributed by atoms with Crippen LogP contribution in [0, 0.1) is 5.92 Å². The van der Waals surface area contributed by atoms with Crippen molar-refractivity contribution in [2.24, 2.45) is 5.92 Å². The van der Waals surface area contributed by atoms with E-state index in [0.717, 1.165) is 6.42 Å². The summed E-state index contributed by atoms with van der Waals surface area (Å²) in [6.45, 7) is 5.93. The normalized spacial score (nSPS) is 10.7. The smallest absolute Gasteiger partial charge is 0.271 e. The van der Waals surface area contributed by atoms with Crippen LogP contribution in [-0.4, -0.2) is 37.7 Å². The Hall–Kier alpha value is -1.33. The molecule has 0 spiro atoms. The summed E-state index contributed by atoms with van der Waals surface area (Å²) in [6, 6.07) is 3.36. The van der Waals surface area contributed by atoms with E-state index in [9.17, 15) is 4.79 Å². The lowest BCUT2D eigenvalue weighted by Crippen LogP contribution is -2.28. The van der Waals surface area contributed by atoms with Gasteiger partial charge in [-0.2, -0.15) is 0 Å².